The molecule has 0 aliphatic carbocycles. The standard InChI is InChI=1S/C16H14F3N3O/c17-16(18,19)12-5-6-14(20-9-12)21-10-15(23)22-8-7-11-3-1-2-4-13(11)22/h1-6,9H,7-8,10H2,(H,20,21). The normalized spacial score (nSPS) is 13.8. The highest BCUT2D eigenvalue weighted by molar-refractivity contribution is 5.97. The molecule has 0 bridgehead atoms. The zero-order valence-electron chi connectivity index (χ0n) is 12.1. The first-order valence-electron chi connectivity index (χ1n) is 7.10. The number of hydrogen-bond donors (Lipinski definition) is 1. The van der Waals surface area contributed by atoms with E-state index in [1.165, 1.54) is 6.07 Å². The first kappa shape index (κ1) is 15.3. The minimum Gasteiger partial charge on any atom is -0.361 e. The van der Waals surface area contributed by atoms with Gasteiger partial charge >= 0.3 is 6.18 Å². The molecule has 0 saturated carbocycles. The lowest BCUT2D eigenvalue weighted by atomic mass is 10.2. The molecule has 1 N–H and O–H groups in total. The van der Waals surface area contributed by atoms with Crippen LogP contribution in [-0.2, 0) is 17.4 Å². The summed E-state index contributed by atoms with van der Waals surface area (Å²) in [4.78, 5) is 17.6. The summed E-state index contributed by atoms with van der Waals surface area (Å²) in [6.07, 6.45) is -2.86. The van der Waals surface area contributed by atoms with E-state index in [0.717, 1.165) is 29.9 Å². The molecule has 2 heterocycles. The molecule has 0 atom stereocenters. The highest BCUT2D eigenvalue weighted by atomic mass is 19.4. The number of aromatic nitrogens is 1. The third-order valence-electron chi connectivity index (χ3n) is 3.70. The van der Waals surface area contributed by atoms with E-state index in [2.05, 4.69) is 10.3 Å². The predicted molar refractivity (Wildman–Crippen MR) is 80.2 cm³/mol. The van der Waals surface area contributed by atoms with Crippen LogP contribution in [0.25, 0.3) is 0 Å². The summed E-state index contributed by atoms with van der Waals surface area (Å²) in [6, 6.07) is 9.82. The van der Waals surface area contributed by atoms with Crippen molar-refractivity contribution in [3.8, 4) is 0 Å². The fraction of sp³-hybridized carbons (Fsp3) is 0.250. The number of halogens is 3. The van der Waals surface area contributed by atoms with Gasteiger partial charge in [-0.2, -0.15) is 13.2 Å². The maximum atomic E-state index is 12.5. The molecule has 0 unspecified atom stereocenters. The number of anilines is 2. The van der Waals surface area contributed by atoms with E-state index in [-0.39, 0.29) is 18.3 Å². The van der Waals surface area contributed by atoms with Gasteiger partial charge in [-0.25, -0.2) is 4.98 Å². The molecule has 3 rings (SSSR count). The Morgan fingerprint density at radius 2 is 2.00 bits per heavy atom. The van der Waals surface area contributed by atoms with Crippen molar-refractivity contribution in [1.29, 1.82) is 0 Å². The van der Waals surface area contributed by atoms with E-state index in [9.17, 15) is 18.0 Å². The number of hydrogen-bond acceptors (Lipinski definition) is 3. The maximum absolute atomic E-state index is 12.5. The van der Waals surface area contributed by atoms with Crippen LogP contribution in [0, 0.1) is 0 Å². The minimum atomic E-state index is -4.42. The van der Waals surface area contributed by atoms with Crippen LogP contribution in [0.1, 0.15) is 11.1 Å². The second-order valence-electron chi connectivity index (χ2n) is 5.21. The first-order valence-corrected chi connectivity index (χ1v) is 7.10. The molecule has 1 amide bonds. The Kier molecular flexibility index (Phi) is 3.94. The summed E-state index contributed by atoms with van der Waals surface area (Å²) in [7, 11) is 0. The van der Waals surface area contributed by atoms with Gasteiger partial charge in [0.1, 0.15) is 5.82 Å². The van der Waals surface area contributed by atoms with Crippen molar-refractivity contribution in [2.75, 3.05) is 23.3 Å². The van der Waals surface area contributed by atoms with Gasteiger partial charge in [-0.1, -0.05) is 18.2 Å². The zero-order chi connectivity index (χ0) is 16.4. The summed E-state index contributed by atoms with van der Waals surface area (Å²) in [5, 5.41) is 2.76. The van der Waals surface area contributed by atoms with E-state index in [1.54, 1.807) is 4.90 Å². The van der Waals surface area contributed by atoms with Gasteiger partial charge in [-0.3, -0.25) is 4.79 Å². The summed E-state index contributed by atoms with van der Waals surface area (Å²) in [5.74, 6) is 0.0930. The lowest BCUT2D eigenvalue weighted by Gasteiger charge is -2.17. The summed E-state index contributed by atoms with van der Waals surface area (Å²) in [6.45, 7) is 0.590. The number of carbonyl (C=O) groups is 1. The summed E-state index contributed by atoms with van der Waals surface area (Å²) >= 11 is 0. The Morgan fingerprint density at radius 1 is 1.22 bits per heavy atom. The van der Waals surface area contributed by atoms with Crippen molar-refractivity contribution in [2.45, 2.75) is 12.6 Å². The van der Waals surface area contributed by atoms with Gasteiger partial charge in [-0.05, 0) is 30.2 Å². The van der Waals surface area contributed by atoms with Crippen molar-refractivity contribution in [3.63, 3.8) is 0 Å². The monoisotopic (exact) mass is 321 g/mol. The fourth-order valence-electron chi connectivity index (χ4n) is 2.53. The molecule has 1 aliphatic heterocycles. The molecule has 120 valence electrons. The van der Waals surface area contributed by atoms with Crippen LogP contribution >= 0.6 is 0 Å². The van der Waals surface area contributed by atoms with E-state index in [0.29, 0.717) is 6.54 Å². The number of pyridine rings is 1. The third-order valence-corrected chi connectivity index (χ3v) is 3.70. The largest absolute Gasteiger partial charge is 0.417 e. The average molecular weight is 321 g/mol. The lowest BCUT2D eigenvalue weighted by Crippen LogP contribution is -2.34. The second-order valence-corrected chi connectivity index (χ2v) is 5.21. The van der Waals surface area contributed by atoms with Crippen LogP contribution in [0.4, 0.5) is 24.7 Å². The Bertz CT molecular complexity index is 713. The number of rotatable bonds is 3. The van der Waals surface area contributed by atoms with Crippen molar-refractivity contribution in [2.24, 2.45) is 0 Å². The van der Waals surface area contributed by atoms with Gasteiger partial charge < -0.3 is 10.2 Å². The van der Waals surface area contributed by atoms with Crippen molar-refractivity contribution in [1.82, 2.24) is 4.98 Å². The fourth-order valence-corrected chi connectivity index (χ4v) is 2.53. The predicted octanol–water partition coefficient (Wildman–Crippen LogP) is 3.10. The molecule has 1 aromatic heterocycles. The maximum Gasteiger partial charge on any atom is 0.417 e. The van der Waals surface area contributed by atoms with E-state index >= 15 is 0 Å². The van der Waals surface area contributed by atoms with Gasteiger partial charge in [0.2, 0.25) is 5.91 Å². The molecule has 1 aliphatic rings. The second kappa shape index (κ2) is 5.91. The topological polar surface area (TPSA) is 45.2 Å². The molecule has 1 aromatic carbocycles. The number of para-hydroxylation sites is 1. The molecule has 0 saturated heterocycles. The van der Waals surface area contributed by atoms with Gasteiger partial charge in [0.05, 0.1) is 12.1 Å². The molecular weight excluding hydrogens is 307 g/mol. The molecule has 0 radical (unpaired) electrons. The molecule has 7 heteroatoms. The number of amides is 1. The minimum absolute atomic E-state index is 0.0211. The smallest absolute Gasteiger partial charge is 0.361 e. The number of nitrogens with zero attached hydrogens (tertiary/aromatic N) is 2. The summed E-state index contributed by atoms with van der Waals surface area (Å²) in [5.41, 5.74) is 1.19. The van der Waals surface area contributed by atoms with E-state index in [1.807, 2.05) is 24.3 Å². The van der Waals surface area contributed by atoms with Gasteiger partial charge in [-0.15, -0.1) is 0 Å². The molecule has 4 nitrogen and oxygen atoms in total. The van der Waals surface area contributed by atoms with Crippen LogP contribution in [0.5, 0.6) is 0 Å². The highest BCUT2D eigenvalue weighted by Gasteiger charge is 2.30. The Hall–Kier alpha value is -2.57. The number of carbonyl (C=O) groups excluding carboxylic acids is 1. The van der Waals surface area contributed by atoms with E-state index < -0.39 is 11.7 Å². The molecule has 2 aromatic rings. The Labute approximate surface area is 130 Å². The van der Waals surface area contributed by atoms with Gasteiger partial charge in [0.15, 0.2) is 0 Å². The third kappa shape index (κ3) is 3.28. The van der Waals surface area contributed by atoms with Gasteiger partial charge in [0, 0.05) is 18.4 Å². The quantitative estimate of drug-likeness (QED) is 0.945. The molecule has 0 spiro atoms. The van der Waals surface area contributed by atoms with Crippen LogP contribution in [0.15, 0.2) is 42.6 Å². The van der Waals surface area contributed by atoms with E-state index in [4.69, 9.17) is 0 Å². The number of alkyl halides is 3. The SMILES string of the molecule is O=C(CNc1ccc(C(F)(F)F)cn1)N1CCc2ccccc21. The molecular formula is C16H14F3N3O. The van der Waals surface area contributed by atoms with Gasteiger partial charge in [0.25, 0.3) is 0 Å². The van der Waals surface area contributed by atoms with Crippen molar-refractivity contribution >= 4 is 17.4 Å². The van der Waals surface area contributed by atoms with Crippen LogP contribution in [0.2, 0.25) is 0 Å². The number of benzene rings is 1. The van der Waals surface area contributed by atoms with Crippen LogP contribution in [0.3, 0.4) is 0 Å². The Balaban J connectivity index is 1.62. The lowest BCUT2D eigenvalue weighted by molar-refractivity contribution is -0.137. The zero-order valence-corrected chi connectivity index (χ0v) is 12.1. The average Bonchev–Trinajstić information content (AvgIpc) is 2.96. The highest BCUT2D eigenvalue weighted by Crippen LogP contribution is 2.29. The van der Waals surface area contributed by atoms with Crippen LogP contribution in [-0.4, -0.2) is 24.0 Å². The number of nitrogens with one attached hydrogen (secondary N) is 1. The Morgan fingerprint density at radius 3 is 2.70 bits per heavy atom. The molecule has 23 heavy (non-hydrogen) atoms. The van der Waals surface area contributed by atoms with Crippen LogP contribution < -0.4 is 10.2 Å². The summed E-state index contributed by atoms with van der Waals surface area (Å²) < 4.78 is 37.4. The molecule has 0 fully saturated rings. The van der Waals surface area contributed by atoms with Crippen molar-refractivity contribution < 1.29 is 18.0 Å². The first-order chi connectivity index (χ1) is 10.9. The van der Waals surface area contributed by atoms with Crippen molar-refractivity contribution in [3.05, 3.63) is 53.7 Å². The number of fused-ring (bicyclic) bond motifs is 1.